The average Bonchev–Trinajstić information content (AvgIpc) is 1.59. The first-order valence-electron chi connectivity index (χ1n) is 3.06. The molecule has 9 heavy (non-hydrogen) atoms. The second-order valence-corrected chi connectivity index (χ2v) is 3.26. The predicted octanol–water partition coefficient (Wildman–Crippen LogP) is -0.168. The van der Waals surface area contributed by atoms with Gasteiger partial charge in [0.25, 0.3) is 0 Å². The maximum atomic E-state index is 10.1. The Hall–Kier alpha value is -0.120. The van der Waals surface area contributed by atoms with Gasteiger partial charge in [-0.3, -0.25) is 0 Å². The summed E-state index contributed by atoms with van der Waals surface area (Å²) in [6.45, 7) is 0.727. The Kier molecular flexibility index (Phi) is 3.11. The van der Waals surface area contributed by atoms with Gasteiger partial charge in [0.2, 0.25) is 0 Å². The molecule has 3 heteroatoms. The fraction of sp³-hybridized carbons (Fsp3) is 1.00. The van der Waals surface area contributed by atoms with Gasteiger partial charge in [-0.2, -0.15) is 0 Å². The Bertz CT molecular complexity index is 75.6. The number of hydrogen-bond donors (Lipinski definition) is 1. The molecule has 1 atom stereocenters. The quantitative estimate of drug-likeness (QED) is 0.421. The number of aliphatic hydroxyl groups is 1. The topological polar surface area (TPSA) is 40.1 Å². The minimum absolute atomic E-state index is 0.337. The summed E-state index contributed by atoms with van der Waals surface area (Å²) in [6, 6.07) is 0. The van der Waals surface area contributed by atoms with Gasteiger partial charge in [0.1, 0.15) is 0 Å². The van der Waals surface area contributed by atoms with Gasteiger partial charge < -0.3 is 9.59 Å². The molecule has 0 heterocycles. The minimum Gasteiger partial charge on any atom is -0.365 e. The molecule has 0 saturated carbocycles. The van der Waals surface area contributed by atoms with E-state index in [2.05, 4.69) is 0 Å². The lowest BCUT2D eigenvalue weighted by Crippen LogP contribution is -2.36. The molecule has 0 aromatic rings. The Morgan fingerprint density at radius 1 is 1.44 bits per heavy atom. The van der Waals surface area contributed by atoms with Crippen molar-refractivity contribution >= 4 is 0 Å². The molecule has 1 radical (unpaired) electrons. The zero-order chi connectivity index (χ0) is 7.49. The molecule has 0 fully saturated rings. The van der Waals surface area contributed by atoms with Crippen molar-refractivity contribution in [3.63, 3.8) is 0 Å². The van der Waals surface area contributed by atoms with Crippen LogP contribution in [0, 0.1) is 0 Å². The summed E-state index contributed by atoms with van der Waals surface area (Å²) in [5.74, 6) is 0. The van der Waals surface area contributed by atoms with Gasteiger partial charge >= 0.3 is 0 Å². The van der Waals surface area contributed by atoms with Crippen molar-refractivity contribution in [3.8, 4) is 0 Å². The van der Waals surface area contributed by atoms with Gasteiger partial charge in [0.15, 0.2) is 6.29 Å². The molecular formula is C6H15NO2+. The van der Waals surface area contributed by atoms with Crippen LogP contribution in [0.2, 0.25) is 0 Å². The van der Waals surface area contributed by atoms with Gasteiger partial charge in [-0.1, -0.05) is 0 Å². The number of aliphatic hydroxyl groups excluding tert-OH is 1. The second kappa shape index (κ2) is 3.15. The van der Waals surface area contributed by atoms with E-state index in [9.17, 15) is 5.11 Å². The molecule has 55 valence electrons. The molecule has 0 aliphatic heterocycles. The van der Waals surface area contributed by atoms with Crippen LogP contribution in [0.5, 0.6) is 0 Å². The Balaban J connectivity index is 3.28. The molecule has 0 aliphatic carbocycles. The van der Waals surface area contributed by atoms with Gasteiger partial charge in [-0.05, 0) is 0 Å². The molecule has 0 saturated heterocycles. The highest BCUT2D eigenvalue weighted by atomic mass is 16.5. The van der Waals surface area contributed by atoms with E-state index in [-0.39, 0.29) is 0 Å². The number of rotatable bonds is 3. The van der Waals surface area contributed by atoms with Crippen LogP contribution in [0.1, 0.15) is 6.42 Å². The van der Waals surface area contributed by atoms with Crippen LogP contribution in [-0.4, -0.2) is 43.6 Å². The molecule has 1 unspecified atom stereocenters. The first kappa shape index (κ1) is 8.88. The molecule has 1 N–H and O–H groups in total. The highest BCUT2D eigenvalue weighted by molar-refractivity contribution is 4.34. The van der Waals surface area contributed by atoms with Crippen LogP contribution in [0.25, 0.3) is 0 Å². The zero-order valence-electron chi connectivity index (χ0n) is 6.29. The first-order chi connectivity index (χ1) is 3.92. The van der Waals surface area contributed by atoms with Crippen molar-refractivity contribution in [1.82, 2.24) is 0 Å². The number of nitrogens with zero attached hydrogens (tertiary/aromatic N) is 1. The SMILES string of the molecule is C[N+](C)(C)CCC([O])O. The summed E-state index contributed by atoms with van der Waals surface area (Å²) in [5.41, 5.74) is 0. The lowest BCUT2D eigenvalue weighted by atomic mass is 10.4. The fourth-order valence-electron chi connectivity index (χ4n) is 0.498. The lowest BCUT2D eigenvalue weighted by Gasteiger charge is -2.23. The molecule has 0 spiro atoms. The third-order valence-electron chi connectivity index (χ3n) is 1.05. The summed E-state index contributed by atoms with van der Waals surface area (Å²) in [5, 5.41) is 18.5. The largest absolute Gasteiger partial charge is 0.365 e. The monoisotopic (exact) mass is 133 g/mol. The molecule has 0 aliphatic rings. The standard InChI is InChI=1S/C6H15NO2/c1-7(2,3)5-4-6(8)9/h6,8H,4-5H2,1-3H3/q+1. The van der Waals surface area contributed by atoms with Gasteiger partial charge in [-0.25, -0.2) is 5.11 Å². The third kappa shape index (κ3) is 7.88. The number of quaternary nitrogens is 1. The van der Waals surface area contributed by atoms with Gasteiger partial charge in [-0.15, -0.1) is 0 Å². The third-order valence-corrected chi connectivity index (χ3v) is 1.05. The van der Waals surface area contributed by atoms with Crippen molar-refractivity contribution in [2.45, 2.75) is 12.7 Å². The van der Waals surface area contributed by atoms with E-state index in [1.165, 1.54) is 0 Å². The summed E-state index contributed by atoms with van der Waals surface area (Å²) >= 11 is 0. The van der Waals surface area contributed by atoms with Crippen LogP contribution in [0.3, 0.4) is 0 Å². The Morgan fingerprint density at radius 3 is 2.00 bits per heavy atom. The smallest absolute Gasteiger partial charge is 0.194 e. The first-order valence-corrected chi connectivity index (χ1v) is 3.06. The maximum absolute atomic E-state index is 10.1. The molecule has 0 bridgehead atoms. The van der Waals surface area contributed by atoms with Crippen molar-refractivity contribution in [2.75, 3.05) is 27.7 Å². The van der Waals surface area contributed by atoms with Crippen LogP contribution in [-0.2, 0) is 5.11 Å². The Morgan fingerprint density at radius 2 is 1.89 bits per heavy atom. The molecule has 0 aromatic carbocycles. The van der Waals surface area contributed by atoms with E-state index in [0.717, 1.165) is 11.0 Å². The van der Waals surface area contributed by atoms with E-state index >= 15 is 0 Å². The van der Waals surface area contributed by atoms with Crippen molar-refractivity contribution in [1.29, 1.82) is 0 Å². The summed E-state index contributed by atoms with van der Waals surface area (Å²) in [6.07, 6.45) is -1.06. The van der Waals surface area contributed by atoms with Gasteiger partial charge in [0, 0.05) is 0 Å². The van der Waals surface area contributed by atoms with Crippen LogP contribution >= 0.6 is 0 Å². The van der Waals surface area contributed by atoms with Crippen molar-refractivity contribution < 1.29 is 14.7 Å². The fourth-order valence-corrected chi connectivity index (χ4v) is 0.498. The highest BCUT2D eigenvalue weighted by Crippen LogP contribution is 1.95. The molecular weight excluding hydrogens is 118 g/mol. The summed E-state index contributed by atoms with van der Waals surface area (Å²) in [4.78, 5) is 0. The van der Waals surface area contributed by atoms with Crippen LogP contribution < -0.4 is 0 Å². The summed E-state index contributed by atoms with van der Waals surface area (Å²) in [7, 11) is 5.97. The van der Waals surface area contributed by atoms with E-state index in [1.54, 1.807) is 0 Å². The molecule has 0 rings (SSSR count). The summed E-state index contributed by atoms with van der Waals surface area (Å²) < 4.78 is 0.735. The van der Waals surface area contributed by atoms with E-state index < -0.39 is 6.29 Å². The second-order valence-electron chi connectivity index (χ2n) is 3.26. The highest BCUT2D eigenvalue weighted by Gasteiger charge is 2.09. The molecule has 0 aromatic heterocycles. The predicted molar refractivity (Wildman–Crippen MR) is 34.2 cm³/mol. The normalized spacial score (nSPS) is 12.7. The van der Waals surface area contributed by atoms with E-state index in [1.807, 2.05) is 21.1 Å². The lowest BCUT2D eigenvalue weighted by molar-refractivity contribution is -0.871. The van der Waals surface area contributed by atoms with Crippen molar-refractivity contribution in [3.05, 3.63) is 0 Å². The van der Waals surface area contributed by atoms with Crippen LogP contribution in [0.15, 0.2) is 0 Å². The van der Waals surface area contributed by atoms with Crippen LogP contribution in [0.4, 0.5) is 0 Å². The maximum Gasteiger partial charge on any atom is 0.194 e. The van der Waals surface area contributed by atoms with Crippen molar-refractivity contribution in [2.24, 2.45) is 0 Å². The molecule has 0 amide bonds. The van der Waals surface area contributed by atoms with Gasteiger partial charge in [0.05, 0.1) is 34.1 Å². The molecule has 3 nitrogen and oxygen atoms in total. The Labute approximate surface area is 56.1 Å². The number of hydrogen-bond acceptors (Lipinski definition) is 1. The van der Waals surface area contributed by atoms with E-state index in [4.69, 9.17) is 5.11 Å². The van der Waals surface area contributed by atoms with E-state index in [0.29, 0.717) is 6.42 Å². The zero-order valence-corrected chi connectivity index (χ0v) is 6.29. The minimum atomic E-state index is -1.40. The average molecular weight is 133 g/mol.